The number of ether oxygens (including phenoxy) is 5. The fourth-order valence-corrected chi connectivity index (χ4v) is 5.09. The van der Waals surface area contributed by atoms with E-state index in [-0.39, 0.29) is 12.0 Å². The molecule has 2 heterocycles. The Balaban J connectivity index is 1.70. The first kappa shape index (κ1) is 27.9. The summed E-state index contributed by atoms with van der Waals surface area (Å²) in [5, 5.41) is 8.79. The van der Waals surface area contributed by atoms with Gasteiger partial charge in [-0.05, 0) is 43.9 Å². The minimum atomic E-state index is -1.15. The number of hydrogen-bond donors (Lipinski definition) is 1. The molecule has 0 radical (unpaired) electrons. The summed E-state index contributed by atoms with van der Waals surface area (Å²) in [5.74, 6) is -1.01. The Hall–Kier alpha value is -4.15. The third-order valence-electron chi connectivity index (χ3n) is 6.94. The molecular formula is C28H32N2O9. The summed E-state index contributed by atoms with van der Waals surface area (Å²) in [4.78, 5) is 44.7. The summed E-state index contributed by atoms with van der Waals surface area (Å²) in [6.45, 7) is 2.33. The molecule has 39 heavy (non-hydrogen) atoms. The van der Waals surface area contributed by atoms with Gasteiger partial charge in [0.15, 0.2) is 11.5 Å². The Bertz CT molecular complexity index is 1290. The van der Waals surface area contributed by atoms with E-state index in [2.05, 4.69) is 4.98 Å². The van der Waals surface area contributed by atoms with Crippen LogP contribution < -0.4 is 18.9 Å². The van der Waals surface area contributed by atoms with Crippen LogP contribution in [0.5, 0.6) is 23.1 Å². The highest BCUT2D eigenvalue weighted by molar-refractivity contribution is 6.33. The highest BCUT2D eigenvalue weighted by Gasteiger charge is 2.40. The quantitative estimate of drug-likeness (QED) is 0.333. The number of ketones is 1. The molecule has 1 saturated carbocycles. The molecule has 0 bridgehead atoms. The van der Waals surface area contributed by atoms with Gasteiger partial charge in [0.25, 0.3) is 0 Å². The highest BCUT2D eigenvalue weighted by atomic mass is 16.5. The van der Waals surface area contributed by atoms with Crippen LogP contribution in [-0.4, -0.2) is 73.6 Å². The number of rotatable bonds is 11. The highest BCUT2D eigenvalue weighted by Crippen LogP contribution is 2.46. The second kappa shape index (κ2) is 12.1. The number of methoxy groups -OCH3 is 3. The van der Waals surface area contributed by atoms with Gasteiger partial charge in [0.2, 0.25) is 11.7 Å². The number of pyridine rings is 1. The van der Waals surface area contributed by atoms with Crippen LogP contribution in [0.4, 0.5) is 0 Å². The number of fused-ring (bicyclic) bond motifs is 3. The number of nitrogens with zero attached hydrogens (tertiary/aromatic N) is 2. The maximum atomic E-state index is 12.4. The Labute approximate surface area is 226 Å². The molecule has 1 aliphatic carbocycles. The molecule has 4 rings (SSSR count). The molecule has 11 nitrogen and oxygen atoms in total. The molecule has 0 unspecified atom stereocenters. The molecule has 1 fully saturated rings. The van der Waals surface area contributed by atoms with Crippen molar-refractivity contribution in [3.8, 4) is 23.1 Å². The van der Waals surface area contributed by atoms with Crippen LogP contribution in [0.3, 0.4) is 0 Å². The predicted molar refractivity (Wildman–Crippen MR) is 139 cm³/mol. The molecule has 0 spiro atoms. The molecule has 1 aliphatic heterocycles. The lowest BCUT2D eigenvalue weighted by atomic mass is 9.74. The summed E-state index contributed by atoms with van der Waals surface area (Å²) in [6.07, 6.45) is 1.92. The summed E-state index contributed by atoms with van der Waals surface area (Å²) in [7, 11) is 4.67. The van der Waals surface area contributed by atoms with Crippen LogP contribution in [0, 0.1) is 0 Å². The molecule has 208 valence electrons. The first-order valence-electron chi connectivity index (χ1n) is 12.8. The largest absolute Gasteiger partial charge is 0.496 e. The van der Waals surface area contributed by atoms with Crippen molar-refractivity contribution in [2.45, 2.75) is 57.1 Å². The van der Waals surface area contributed by atoms with Crippen LogP contribution in [0.15, 0.2) is 29.4 Å². The van der Waals surface area contributed by atoms with E-state index in [1.165, 1.54) is 7.11 Å². The number of carbonyl (C=O) groups excluding carboxylic acids is 2. The number of aromatic nitrogens is 1. The fraction of sp³-hybridized carbons (Fsp3) is 0.464. The molecule has 0 saturated heterocycles. The van der Waals surface area contributed by atoms with Gasteiger partial charge in [-0.1, -0.05) is 0 Å². The van der Waals surface area contributed by atoms with Gasteiger partial charge in [-0.3, -0.25) is 14.6 Å². The number of carboxylic acids is 1. The van der Waals surface area contributed by atoms with E-state index in [4.69, 9.17) is 33.8 Å². The predicted octanol–water partition coefficient (Wildman–Crippen LogP) is 3.34. The van der Waals surface area contributed by atoms with E-state index in [0.29, 0.717) is 60.3 Å². The summed E-state index contributed by atoms with van der Waals surface area (Å²) < 4.78 is 27.9. The van der Waals surface area contributed by atoms with Crippen molar-refractivity contribution < 1.29 is 43.2 Å². The summed E-state index contributed by atoms with van der Waals surface area (Å²) >= 11 is 0. The zero-order chi connectivity index (χ0) is 28.1. The molecule has 3 atom stereocenters. The van der Waals surface area contributed by atoms with E-state index < -0.39 is 36.7 Å². The van der Waals surface area contributed by atoms with Crippen LogP contribution in [0.2, 0.25) is 0 Å². The number of carboxylic acid groups (broad SMARTS) is 1. The Morgan fingerprint density at radius 3 is 2.38 bits per heavy atom. The number of aliphatic imine (C=N–C) groups is 1. The van der Waals surface area contributed by atoms with Crippen LogP contribution in [0.25, 0.3) is 0 Å². The number of benzene rings is 1. The van der Waals surface area contributed by atoms with Gasteiger partial charge >= 0.3 is 11.9 Å². The van der Waals surface area contributed by atoms with E-state index >= 15 is 0 Å². The lowest BCUT2D eigenvalue weighted by Gasteiger charge is -2.38. The van der Waals surface area contributed by atoms with Gasteiger partial charge in [-0.2, -0.15) is 0 Å². The summed E-state index contributed by atoms with van der Waals surface area (Å²) in [6, 6.07) is 5.40. The number of hydrogen-bond acceptors (Lipinski definition) is 10. The topological polar surface area (TPSA) is 143 Å². The molecule has 1 aromatic heterocycles. The van der Waals surface area contributed by atoms with Gasteiger partial charge in [-0.15, -0.1) is 0 Å². The number of aliphatic carboxylic acids is 1. The normalized spacial score (nSPS) is 19.6. The van der Waals surface area contributed by atoms with Gasteiger partial charge < -0.3 is 28.8 Å². The van der Waals surface area contributed by atoms with Crippen LogP contribution in [-0.2, 0) is 19.1 Å². The lowest BCUT2D eigenvalue weighted by Crippen LogP contribution is -2.37. The number of esters is 1. The van der Waals surface area contributed by atoms with Crippen molar-refractivity contribution in [2.24, 2.45) is 4.99 Å². The minimum Gasteiger partial charge on any atom is -0.496 e. The smallest absolute Gasteiger partial charge is 0.374 e. The molecule has 1 N–H and O–H groups in total. The van der Waals surface area contributed by atoms with E-state index in [1.807, 2.05) is 19.1 Å². The first-order chi connectivity index (χ1) is 18.8. The number of carbonyl (C=O) groups is 3. The van der Waals surface area contributed by atoms with Crippen LogP contribution >= 0.6 is 0 Å². The zero-order valence-electron chi connectivity index (χ0n) is 22.4. The van der Waals surface area contributed by atoms with Gasteiger partial charge in [0.1, 0.15) is 11.9 Å². The van der Waals surface area contributed by atoms with E-state index in [0.717, 1.165) is 11.1 Å². The first-order valence-corrected chi connectivity index (χ1v) is 12.8. The van der Waals surface area contributed by atoms with Gasteiger partial charge in [0.05, 0.1) is 51.7 Å². The third kappa shape index (κ3) is 5.97. The summed E-state index contributed by atoms with van der Waals surface area (Å²) in [5.41, 5.74) is 3.15. The second-order valence-corrected chi connectivity index (χ2v) is 9.26. The average molecular weight is 541 g/mol. The van der Waals surface area contributed by atoms with Crippen molar-refractivity contribution in [1.29, 1.82) is 0 Å². The minimum absolute atomic E-state index is 0.119. The third-order valence-corrected chi connectivity index (χ3v) is 6.94. The molecule has 11 heteroatoms. The van der Waals surface area contributed by atoms with Gasteiger partial charge in [0, 0.05) is 30.2 Å². The van der Waals surface area contributed by atoms with E-state index in [9.17, 15) is 14.4 Å². The lowest BCUT2D eigenvalue weighted by molar-refractivity contribution is -0.159. The standard InChI is InChI=1S/C28H32N2O9/c1-5-38-24-11-16-17-10-15(39-28(34)21(31)8-9-26(32)33)6-7-20(17)30-27(18(16)12-23(24)36-3)19-14-29-25(37-4)13-22(19)35-2/h11-15,17,20H,5-10H2,1-4H3,(H,32,33)/t15-,17-,20-/m1/s1. The SMILES string of the molecule is CCOc1cc2c(cc1OC)C(c1cnc(OC)cc1OC)=N[C@@H]1CC[C@@H](OC(=O)C(=O)CCC(=O)O)C[C@H]21. The van der Waals surface area contributed by atoms with Crippen molar-refractivity contribution >= 4 is 23.4 Å². The molecule has 2 aliphatic rings. The van der Waals surface area contributed by atoms with Crippen molar-refractivity contribution in [1.82, 2.24) is 4.98 Å². The maximum Gasteiger partial charge on any atom is 0.374 e. The van der Waals surface area contributed by atoms with Crippen molar-refractivity contribution in [3.05, 3.63) is 41.1 Å². The second-order valence-electron chi connectivity index (χ2n) is 9.26. The number of Topliss-reactive ketones (excluding diaryl/α,β-unsaturated/α-hetero) is 1. The zero-order valence-corrected chi connectivity index (χ0v) is 22.4. The molecule has 2 aromatic rings. The van der Waals surface area contributed by atoms with E-state index in [1.54, 1.807) is 26.5 Å². The fourth-order valence-electron chi connectivity index (χ4n) is 5.09. The monoisotopic (exact) mass is 540 g/mol. The van der Waals surface area contributed by atoms with Crippen molar-refractivity contribution in [2.75, 3.05) is 27.9 Å². The maximum absolute atomic E-state index is 12.4. The Morgan fingerprint density at radius 2 is 1.72 bits per heavy atom. The van der Waals surface area contributed by atoms with Gasteiger partial charge in [-0.25, -0.2) is 9.78 Å². The Kier molecular flexibility index (Phi) is 8.68. The van der Waals surface area contributed by atoms with Crippen LogP contribution in [0.1, 0.15) is 61.6 Å². The van der Waals surface area contributed by atoms with Crippen molar-refractivity contribution in [3.63, 3.8) is 0 Å². The molecule has 1 aromatic carbocycles. The molecule has 0 amide bonds. The Morgan fingerprint density at radius 1 is 0.949 bits per heavy atom. The average Bonchev–Trinajstić information content (AvgIpc) is 2.94. The molecular weight excluding hydrogens is 508 g/mol.